The number of pyridine rings is 1. The van der Waals surface area contributed by atoms with Gasteiger partial charge in [0.2, 0.25) is 5.88 Å². The Morgan fingerprint density at radius 1 is 1.21 bits per heavy atom. The lowest BCUT2D eigenvalue weighted by Crippen LogP contribution is -2.31. The molecule has 2 N–H and O–H groups in total. The third kappa shape index (κ3) is 2.34. The van der Waals surface area contributed by atoms with E-state index in [0.29, 0.717) is 5.88 Å². The molecular formula is C15H17N3O. The molecule has 0 unspecified atom stereocenters. The molecule has 4 nitrogen and oxygen atoms in total. The van der Waals surface area contributed by atoms with E-state index in [4.69, 9.17) is 10.5 Å². The van der Waals surface area contributed by atoms with Crippen LogP contribution in [0.1, 0.15) is 11.1 Å². The molecule has 3 rings (SSSR count). The van der Waals surface area contributed by atoms with Gasteiger partial charge in [-0.2, -0.15) is 4.98 Å². The second-order valence-electron chi connectivity index (χ2n) is 4.74. The van der Waals surface area contributed by atoms with Crippen molar-refractivity contribution < 1.29 is 4.74 Å². The topological polar surface area (TPSA) is 51.4 Å². The van der Waals surface area contributed by atoms with Gasteiger partial charge in [0.1, 0.15) is 5.82 Å². The lowest BCUT2D eigenvalue weighted by molar-refractivity contribution is 0.397. The smallest absolute Gasteiger partial charge is 0.214 e. The Hall–Kier alpha value is -2.23. The van der Waals surface area contributed by atoms with Crippen LogP contribution in [0.15, 0.2) is 36.4 Å². The molecule has 0 atom stereocenters. The summed E-state index contributed by atoms with van der Waals surface area (Å²) < 4.78 is 5.18. The van der Waals surface area contributed by atoms with Gasteiger partial charge in [0.05, 0.1) is 7.11 Å². The van der Waals surface area contributed by atoms with Gasteiger partial charge in [-0.05, 0) is 35.7 Å². The van der Waals surface area contributed by atoms with E-state index in [0.717, 1.165) is 31.0 Å². The summed E-state index contributed by atoms with van der Waals surface area (Å²) in [5.74, 6) is 1.60. The Morgan fingerprint density at radius 3 is 2.95 bits per heavy atom. The number of ether oxygens (including phenoxy) is 1. The van der Waals surface area contributed by atoms with Gasteiger partial charge in [0.25, 0.3) is 0 Å². The van der Waals surface area contributed by atoms with Crippen LogP contribution in [0.4, 0.5) is 11.5 Å². The van der Waals surface area contributed by atoms with Crippen molar-refractivity contribution in [2.75, 3.05) is 24.3 Å². The van der Waals surface area contributed by atoms with Crippen LogP contribution in [0.2, 0.25) is 0 Å². The van der Waals surface area contributed by atoms with E-state index >= 15 is 0 Å². The number of nitrogens with two attached hydrogens (primary N) is 1. The molecule has 0 saturated heterocycles. The third-order valence-corrected chi connectivity index (χ3v) is 3.48. The van der Waals surface area contributed by atoms with Crippen LogP contribution in [-0.4, -0.2) is 18.6 Å². The Bertz CT molecular complexity index is 598. The molecule has 19 heavy (non-hydrogen) atoms. The molecule has 0 saturated carbocycles. The Morgan fingerprint density at radius 2 is 2.11 bits per heavy atom. The number of nitrogen functional groups attached to an aromatic ring is 1. The standard InChI is InChI=1S/C15H17N3O/c1-19-15-4-2-3-14(17-15)18-8-7-11-5-6-13(16)9-12(11)10-18/h2-6,9H,7-8,10,16H2,1H3. The van der Waals surface area contributed by atoms with Crippen LogP contribution >= 0.6 is 0 Å². The van der Waals surface area contributed by atoms with Crippen molar-refractivity contribution in [2.45, 2.75) is 13.0 Å². The predicted octanol–water partition coefficient (Wildman–Crippen LogP) is 2.24. The van der Waals surface area contributed by atoms with Crippen LogP contribution in [0.5, 0.6) is 5.88 Å². The molecule has 0 fully saturated rings. The molecule has 1 aliphatic heterocycles. The SMILES string of the molecule is COc1cccc(N2CCc3ccc(N)cc3C2)n1. The maximum absolute atomic E-state index is 5.86. The first kappa shape index (κ1) is 11.8. The van der Waals surface area contributed by atoms with Crippen LogP contribution < -0.4 is 15.4 Å². The second kappa shape index (κ2) is 4.80. The van der Waals surface area contributed by atoms with Crippen molar-refractivity contribution in [2.24, 2.45) is 0 Å². The third-order valence-electron chi connectivity index (χ3n) is 3.48. The van der Waals surface area contributed by atoms with Gasteiger partial charge in [-0.3, -0.25) is 0 Å². The van der Waals surface area contributed by atoms with E-state index in [1.165, 1.54) is 11.1 Å². The van der Waals surface area contributed by atoms with Gasteiger partial charge in [-0.25, -0.2) is 0 Å². The molecule has 4 heteroatoms. The summed E-state index contributed by atoms with van der Waals surface area (Å²) in [6.07, 6.45) is 1.02. The molecule has 2 aromatic rings. The minimum absolute atomic E-state index is 0.649. The Kier molecular flexibility index (Phi) is 2.99. The zero-order valence-corrected chi connectivity index (χ0v) is 11.0. The fourth-order valence-corrected chi connectivity index (χ4v) is 2.47. The van der Waals surface area contributed by atoms with E-state index in [2.05, 4.69) is 22.0 Å². The fourth-order valence-electron chi connectivity index (χ4n) is 2.47. The maximum Gasteiger partial charge on any atom is 0.214 e. The lowest BCUT2D eigenvalue weighted by atomic mass is 9.99. The number of aromatic nitrogens is 1. The van der Waals surface area contributed by atoms with E-state index in [1.54, 1.807) is 7.11 Å². The zero-order chi connectivity index (χ0) is 13.2. The Balaban J connectivity index is 1.88. The Labute approximate surface area is 112 Å². The summed E-state index contributed by atoms with van der Waals surface area (Å²) in [5.41, 5.74) is 9.35. The average molecular weight is 255 g/mol. The number of hydrogen-bond acceptors (Lipinski definition) is 4. The van der Waals surface area contributed by atoms with Gasteiger partial charge in [-0.1, -0.05) is 12.1 Å². The first-order valence-corrected chi connectivity index (χ1v) is 6.39. The number of hydrogen-bond donors (Lipinski definition) is 1. The highest BCUT2D eigenvalue weighted by molar-refractivity contribution is 5.50. The normalized spacial score (nSPS) is 14.1. The first-order chi connectivity index (χ1) is 9.26. The van der Waals surface area contributed by atoms with Crippen molar-refractivity contribution >= 4 is 11.5 Å². The summed E-state index contributed by atoms with van der Waals surface area (Å²) in [7, 11) is 1.64. The molecule has 0 amide bonds. The molecule has 1 aromatic carbocycles. The highest BCUT2D eigenvalue weighted by atomic mass is 16.5. The van der Waals surface area contributed by atoms with Gasteiger partial charge in [-0.15, -0.1) is 0 Å². The average Bonchev–Trinajstić information content (AvgIpc) is 2.46. The van der Waals surface area contributed by atoms with E-state index in [1.807, 2.05) is 24.3 Å². The highest BCUT2D eigenvalue weighted by Gasteiger charge is 2.17. The van der Waals surface area contributed by atoms with E-state index < -0.39 is 0 Å². The lowest BCUT2D eigenvalue weighted by Gasteiger charge is -2.30. The van der Waals surface area contributed by atoms with Gasteiger partial charge in [0.15, 0.2) is 0 Å². The van der Waals surface area contributed by atoms with Crippen LogP contribution in [0.25, 0.3) is 0 Å². The molecule has 0 aliphatic carbocycles. The van der Waals surface area contributed by atoms with E-state index in [9.17, 15) is 0 Å². The van der Waals surface area contributed by atoms with Crippen molar-refractivity contribution in [3.63, 3.8) is 0 Å². The van der Waals surface area contributed by atoms with Gasteiger partial charge < -0.3 is 15.4 Å². The number of methoxy groups -OCH3 is 1. The predicted molar refractivity (Wildman–Crippen MR) is 76.4 cm³/mol. The largest absolute Gasteiger partial charge is 0.481 e. The molecule has 0 bridgehead atoms. The fraction of sp³-hybridized carbons (Fsp3) is 0.267. The maximum atomic E-state index is 5.86. The van der Waals surface area contributed by atoms with Gasteiger partial charge >= 0.3 is 0 Å². The summed E-state index contributed by atoms with van der Waals surface area (Å²) in [6.45, 7) is 1.82. The van der Waals surface area contributed by atoms with Crippen molar-refractivity contribution in [1.29, 1.82) is 0 Å². The highest BCUT2D eigenvalue weighted by Crippen LogP contribution is 2.25. The van der Waals surface area contributed by atoms with Gasteiger partial charge in [0, 0.05) is 24.8 Å². The van der Waals surface area contributed by atoms with Crippen molar-refractivity contribution in [3.05, 3.63) is 47.5 Å². The second-order valence-corrected chi connectivity index (χ2v) is 4.74. The molecule has 0 spiro atoms. The molecule has 2 heterocycles. The summed E-state index contributed by atoms with van der Waals surface area (Å²) in [5, 5.41) is 0. The molecule has 0 radical (unpaired) electrons. The molecule has 1 aromatic heterocycles. The van der Waals surface area contributed by atoms with Crippen molar-refractivity contribution in [1.82, 2.24) is 4.98 Å². The quantitative estimate of drug-likeness (QED) is 0.836. The van der Waals surface area contributed by atoms with Crippen LogP contribution in [-0.2, 0) is 13.0 Å². The number of fused-ring (bicyclic) bond motifs is 1. The molecule has 1 aliphatic rings. The molecule has 98 valence electrons. The molecular weight excluding hydrogens is 238 g/mol. The number of rotatable bonds is 2. The summed E-state index contributed by atoms with van der Waals surface area (Å²) in [4.78, 5) is 6.74. The zero-order valence-electron chi connectivity index (χ0n) is 11.0. The number of benzene rings is 1. The minimum Gasteiger partial charge on any atom is -0.481 e. The number of nitrogens with zero attached hydrogens (tertiary/aromatic N) is 2. The van der Waals surface area contributed by atoms with Crippen molar-refractivity contribution in [3.8, 4) is 5.88 Å². The van der Waals surface area contributed by atoms with Crippen LogP contribution in [0.3, 0.4) is 0 Å². The van der Waals surface area contributed by atoms with Crippen LogP contribution in [0, 0.1) is 0 Å². The number of anilines is 2. The van der Waals surface area contributed by atoms with E-state index in [-0.39, 0.29) is 0 Å². The summed E-state index contributed by atoms with van der Waals surface area (Å²) >= 11 is 0. The summed E-state index contributed by atoms with van der Waals surface area (Å²) in [6, 6.07) is 12.0. The minimum atomic E-state index is 0.649. The first-order valence-electron chi connectivity index (χ1n) is 6.39. The monoisotopic (exact) mass is 255 g/mol.